The van der Waals surface area contributed by atoms with Crippen molar-refractivity contribution in [3.63, 3.8) is 0 Å². The lowest BCUT2D eigenvalue weighted by Gasteiger charge is -2.14. The lowest BCUT2D eigenvalue weighted by Crippen LogP contribution is -2.28. The van der Waals surface area contributed by atoms with Crippen molar-refractivity contribution in [3.05, 3.63) is 35.4 Å². The van der Waals surface area contributed by atoms with Gasteiger partial charge in [-0.05, 0) is 11.6 Å². The summed E-state index contributed by atoms with van der Waals surface area (Å²) in [5.74, 6) is -5.00. The van der Waals surface area contributed by atoms with E-state index in [0.717, 1.165) is 18.2 Å². The van der Waals surface area contributed by atoms with Gasteiger partial charge in [0.1, 0.15) is 0 Å². The highest BCUT2D eigenvalue weighted by Crippen LogP contribution is 2.31. The topological polar surface area (TPSA) is 17.1 Å². The summed E-state index contributed by atoms with van der Waals surface area (Å²) in [5.41, 5.74) is -1.23. The van der Waals surface area contributed by atoms with E-state index in [2.05, 4.69) is 0 Å². The summed E-state index contributed by atoms with van der Waals surface area (Å²) in [6, 6.07) is 3.58. The first kappa shape index (κ1) is 13.6. The van der Waals surface area contributed by atoms with Crippen molar-refractivity contribution in [2.45, 2.75) is 25.4 Å². The Labute approximate surface area is 94.2 Å². The zero-order valence-electron chi connectivity index (χ0n) is 8.81. The van der Waals surface area contributed by atoms with E-state index in [1.807, 2.05) is 0 Å². The smallest absolute Gasteiger partial charge is 0.293 e. The van der Waals surface area contributed by atoms with E-state index < -0.39 is 29.9 Å². The van der Waals surface area contributed by atoms with Crippen LogP contribution in [0, 0.1) is 0 Å². The lowest BCUT2D eigenvalue weighted by atomic mass is 10.0. The van der Waals surface area contributed by atoms with E-state index in [0.29, 0.717) is 13.0 Å². The van der Waals surface area contributed by atoms with Crippen LogP contribution in [0.2, 0.25) is 0 Å². The molecule has 0 bridgehead atoms. The normalized spacial score (nSPS) is 12.6. The van der Waals surface area contributed by atoms with Crippen LogP contribution in [-0.2, 0) is 17.4 Å². The number of carbonyl (C=O) groups is 1. The van der Waals surface area contributed by atoms with Gasteiger partial charge in [-0.15, -0.1) is 0 Å². The van der Waals surface area contributed by atoms with Gasteiger partial charge in [-0.25, -0.2) is 0 Å². The molecule has 0 aliphatic carbocycles. The van der Waals surface area contributed by atoms with E-state index in [1.54, 1.807) is 0 Å². The Morgan fingerprint density at radius 3 is 2.24 bits per heavy atom. The Hall–Kier alpha value is -1.46. The van der Waals surface area contributed by atoms with Gasteiger partial charge in [0.05, 0.1) is 5.56 Å². The van der Waals surface area contributed by atoms with Crippen molar-refractivity contribution in [1.29, 1.82) is 0 Å². The summed E-state index contributed by atoms with van der Waals surface area (Å²) in [7, 11) is 0. The second kappa shape index (κ2) is 4.43. The second-order valence-electron chi connectivity index (χ2n) is 3.64. The summed E-state index contributed by atoms with van der Waals surface area (Å²) < 4.78 is 63.0. The van der Waals surface area contributed by atoms with Gasteiger partial charge in [-0.3, -0.25) is 4.79 Å². The molecule has 0 saturated carbocycles. The Balaban J connectivity index is 2.98. The van der Waals surface area contributed by atoms with Crippen molar-refractivity contribution in [2.75, 3.05) is 0 Å². The molecule has 0 saturated heterocycles. The minimum atomic E-state index is -4.58. The van der Waals surface area contributed by atoms with E-state index >= 15 is 0 Å². The third-order valence-corrected chi connectivity index (χ3v) is 2.20. The maximum absolute atomic E-state index is 13.0. The predicted molar refractivity (Wildman–Crippen MR) is 50.8 cm³/mol. The molecule has 0 radical (unpaired) electrons. The van der Waals surface area contributed by atoms with Gasteiger partial charge in [0, 0.05) is 13.3 Å². The maximum Gasteiger partial charge on any atom is 0.416 e. The highest BCUT2D eigenvalue weighted by atomic mass is 19.4. The molecule has 0 N–H and O–H groups in total. The molecule has 6 heteroatoms. The van der Waals surface area contributed by atoms with Gasteiger partial charge in [0.15, 0.2) is 5.78 Å². The summed E-state index contributed by atoms with van der Waals surface area (Å²) in [6.45, 7) is 0.702. The molecule has 1 rings (SSSR count). The number of ketones is 1. The molecule has 0 atom stereocenters. The van der Waals surface area contributed by atoms with Crippen LogP contribution in [0.25, 0.3) is 0 Å². The molecular formula is C11H9F5O. The number of hydrogen-bond acceptors (Lipinski definition) is 1. The Morgan fingerprint density at radius 2 is 1.76 bits per heavy atom. The first-order valence-corrected chi connectivity index (χ1v) is 4.68. The molecule has 1 nitrogen and oxygen atoms in total. The number of hydrogen-bond donors (Lipinski definition) is 0. The Kier molecular flexibility index (Phi) is 3.54. The molecule has 0 heterocycles. The SMILES string of the molecule is CC(=O)C(F)(F)Cc1cccc(C(F)(F)F)c1. The van der Waals surface area contributed by atoms with Gasteiger partial charge in [0.25, 0.3) is 0 Å². The fourth-order valence-corrected chi connectivity index (χ4v) is 1.24. The molecule has 0 aliphatic rings. The first-order valence-electron chi connectivity index (χ1n) is 4.68. The molecule has 17 heavy (non-hydrogen) atoms. The molecule has 1 aromatic carbocycles. The van der Waals surface area contributed by atoms with E-state index in [4.69, 9.17) is 0 Å². The van der Waals surface area contributed by atoms with Gasteiger partial charge < -0.3 is 0 Å². The summed E-state index contributed by atoms with van der Waals surface area (Å²) in [5, 5.41) is 0. The highest BCUT2D eigenvalue weighted by molar-refractivity contribution is 5.83. The zero-order chi connectivity index (χ0) is 13.3. The van der Waals surface area contributed by atoms with Crippen molar-refractivity contribution in [2.24, 2.45) is 0 Å². The van der Waals surface area contributed by atoms with E-state index in [-0.39, 0.29) is 5.56 Å². The Bertz CT molecular complexity index is 422. The standard InChI is InChI=1S/C11H9F5O/c1-7(17)10(12,13)6-8-3-2-4-9(5-8)11(14,15)16/h2-5H,6H2,1H3. The molecule has 0 unspecified atom stereocenters. The molecule has 1 aromatic rings. The highest BCUT2D eigenvalue weighted by Gasteiger charge is 2.36. The fraction of sp³-hybridized carbons (Fsp3) is 0.364. The number of rotatable bonds is 3. The molecule has 94 valence electrons. The van der Waals surface area contributed by atoms with Crippen molar-refractivity contribution >= 4 is 5.78 Å². The van der Waals surface area contributed by atoms with Crippen molar-refractivity contribution in [1.82, 2.24) is 0 Å². The molecule has 0 aromatic heterocycles. The Morgan fingerprint density at radius 1 is 1.18 bits per heavy atom. The quantitative estimate of drug-likeness (QED) is 0.753. The largest absolute Gasteiger partial charge is 0.416 e. The van der Waals surface area contributed by atoms with Crippen LogP contribution in [-0.4, -0.2) is 11.7 Å². The van der Waals surface area contributed by atoms with E-state index in [9.17, 15) is 26.7 Å². The minimum absolute atomic E-state index is 0.222. The van der Waals surface area contributed by atoms with Crippen molar-refractivity contribution < 1.29 is 26.7 Å². The zero-order valence-corrected chi connectivity index (χ0v) is 8.81. The van der Waals surface area contributed by atoms with Crippen LogP contribution in [0.3, 0.4) is 0 Å². The predicted octanol–water partition coefficient (Wildman–Crippen LogP) is 3.47. The van der Waals surface area contributed by atoms with Crippen molar-refractivity contribution in [3.8, 4) is 0 Å². The van der Waals surface area contributed by atoms with Gasteiger partial charge in [-0.2, -0.15) is 22.0 Å². The third kappa shape index (κ3) is 3.51. The summed E-state index contributed by atoms with van der Waals surface area (Å²) >= 11 is 0. The lowest BCUT2D eigenvalue weighted by molar-refractivity contribution is -0.140. The van der Waals surface area contributed by atoms with E-state index in [1.165, 1.54) is 0 Å². The third-order valence-electron chi connectivity index (χ3n) is 2.20. The van der Waals surface area contributed by atoms with Gasteiger partial charge >= 0.3 is 12.1 Å². The average molecular weight is 252 g/mol. The molecular weight excluding hydrogens is 243 g/mol. The monoisotopic (exact) mass is 252 g/mol. The van der Waals surface area contributed by atoms with Gasteiger partial charge in [0.2, 0.25) is 0 Å². The van der Waals surface area contributed by atoms with Gasteiger partial charge in [-0.1, -0.05) is 18.2 Å². The molecule has 0 aliphatic heterocycles. The number of alkyl halides is 5. The maximum atomic E-state index is 13.0. The second-order valence-corrected chi connectivity index (χ2v) is 3.64. The minimum Gasteiger partial charge on any atom is -0.293 e. The number of Topliss-reactive ketones (excluding diaryl/α,β-unsaturated/α-hetero) is 1. The van der Waals surface area contributed by atoms with Crippen LogP contribution in [0.4, 0.5) is 22.0 Å². The number of carbonyl (C=O) groups excluding carboxylic acids is 1. The molecule has 0 amide bonds. The van der Waals surface area contributed by atoms with Crippen LogP contribution in [0.1, 0.15) is 18.1 Å². The first-order chi connectivity index (χ1) is 7.63. The van der Waals surface area contributed by atoms with Crippen LogP contribution in [0.5, 0.6) is 0 Å². The average Bonchev–Trinajstić information content (AvgIpc) is 2.15. The number of halogens is 5. The van der Waals surface area contributed by atoms with Crippen LogP contribution >= 0.6 is 0 Å². The van der Waals surface area contributed by atoms with Crippen LogP contribution in [0.15, 0.2) is 24.3 Å². The van der Waals surface area contributed by atoms with Crippen LogP contribution < -0.4 is 0 Å². The fourth-order valence-electron chi connectivity index (χ4n) is 1.24. The number of benzene rings is 1. The summed E-state index contributed by atoms with van der Waals surface area (Å²) in [4.78, 5) is 10.6. The molecule has 0 fully saturated rings. The summed E-state index contributed by atoms with van der Waals surface area (Å²) in [6.07, 6.45) is -5.60. The molecule has 0 spiro atoms.